The van der Waals surface area contributed by atoms with Crippen molar-refractivity contribution in [3.63, 3.8) is 0 Å². The highest BCUT2D eigenvalue weighted by Crippen LogP contribution is 2.38. The van der Waals surface area contributed by atoms with E-state index in [-0.39, 0.29) is 16.6 Å². The van der Waals surface area contributed by atoms with Crippen LogP contribution in [0.5, 0.6) is 0 Å². The van der Waals surface area contributed by atoms with E-state index in [1.165, 1.54) is 12.1 Å². The summed E-state index contributed by atoms with van der Waals surface area (Å²) in [4.78, 5) is 0. The van der Waals surface area contributed by atoms with Gasteiger partial charge in [-0.3, -0.25) is 4.68 Å². The molecule has 3 aromatic carbocycles. The van der Waals surface area contributed by atoms with Gasteiger partial charge in [0.15, 0.2) is 0 Å². The molecule has 0 bridgehead atoms. The summed E-state index contributed by atoms with van der Waals surface area (Å²) in [5.41, 5.74) is -1.07. The van der Waals surface area contributed by atoms with E-state index in [0.717, 1.165) is 10.7 Å². The molecule has 9 heteroatoms. The Bertz CT molecular complexity index is 1240. The van der Waals surface area contributed by atoms with Gasteiger partial charge >= 0.3 is 6.18 Å². The lowest BCUT2D eigenvalue weighted by molar-refractivity contribution is -0.136. The predicted octanol–water partition coefficient (Wildman–Crippen LogP) is 6.95. The Balaban J connectivity index is 2.00. The SMILES string of the molecule is Fc1cc(F)c(Cn2nc3c(C(F)(F)F)cccc3c2-c2cccc(Br)c2)c(F)c1. The van der Waals surface area contributed by atoms with E-state index >= 15 is 0 Å². The second-order valence-electron chi connectivity index (χ2n) is 6.56. The van der Waals surface area contributed by atoms with Crippen molar-refractivity contribution in [2.45, 2.75) is 12.7 Å². The van der Waals surface area contributed by atoms with Crippen molar-refractivity contribution >= 4 is 26.8 Å². The van der Waals surface area contributed by atoms with Crippen LogP contribution in [0.2, 0.25) is 0 Å². The Morgan fingerprint density at radius 2 is 1.57 bits per heavy atom. The van der Waals surface area contributed by atoms with Gasteiger partial charge in [0.2, 0.25) is 0 Å². The number of hydrogen-bond acceptors (Lipinski definition) is 1. The fourth-order valence-electron chi connectivity index (χ4n) is 3.31. The predicted molar refractivity (Wildman–Crippen MR) is 103 cm³/mol. The van der Waals surface area contributed by atoms with Crippen molar-refractivity contribution in [3.05, 3.63) is 87.6 Å². The first-order valence-corrected chi connectivity index (χ1v) is 9.40. The van der Waals surface area contributed by atoms with Crippen LogP contribution in [0, 0.1) is 17.5 Å². The topological polar surface area (TPSA) is 17.8 Å². The van der Waals surface area contributed by atoms with Gasteiger partial charge in [0.25, 0.3) is 0 Å². The Labute approximate surface area is 174 Å². The Morgan fingerprint density at radius 3 is 2.20 bits per heavy atom. The number of hydrogen-bond donors (Lipinski definition) is 0. The monoisotopic (exact) mass is 484 g/mol. The summed E-state index contributed by atoms with van der Waals surface area (Å²) in [7, 11) is 0. The zero-order valence-electron chi connectivity index (χ0n) is 14.9. The molecule has 4 aromatic rings. The lowest BCUT2D eigenvalue weighted by Crippen LogP contribution is -2.09. The molecule has 1 aromatic heterocycles. The quantitative estimate of drug-likeness (QED) is 0.287. The molecule has 0 saturated carbocycles. The Hall–Kier alpha value is -2.81. The van der Waals surface area contributed by atoms with Gasteiger partial charge in [-0.05, 0) is 18.2 Å². The molecule has 30 heavy (non-hydrogen) atoms. The summed E-state index contributed by atoms with van der Waals surface area (Å²) in [5, 5.41) is 4.21. The van der Waals surface area contributed by atoms with E-state index in [1.54, 1.807) is 24.3 Å². The summed E-state index contributed by atoms with van der Waals surface area (Å²) < 4.78 is 84.0. The second kappa shape index (κ2) is 7.46. The maximum atomic E-state index is 14.2. The molecule has 0 saturated heterocycles. The van der Waals surface area contributed by atoms with Gasteiger partial charge in [-0.1, -0.05) is 40.2 Å². The summed E-state index contributed by atoms with van der Waals surface area (Å²) in [6, 6.07) is 11.3. The van der Waals surface area contributed by atoms with Gasteiger partial charge in [-0.2, -0.15) is 18.3 Å². The van der Waals surface area contributed by atoms with Crippen LogP contribution in [0.15, 0.2) is 59.1 Å². The van der Waals surface area contributed by atoms with Crippen molar-refractivity contribution in [1.29, 1.82) is 0 Å². The third-order valence-electron chi connectivity index (χ3n) is 4.59. The Kier molecular flexibility index (Phi) is 5.09. The van der Waals surface area contributed by atoms with E-state index in [0.29, 0.717) is 22.2 Å². The van der Waals surface area contributed by atoms with Crippen LogP contribution in [0.4, 0.5) is 26.3 Å². The number of rotatable bonds is 3. The first-order chi connectivity index (χ1) is 14.1. The lowest BCUT2D eigenvalue weighted by Gasteiger charge is -2.10. The number of nitrogens with zero attached hydrogens (tertiary/aromatic N) is 2. The molecule has 0 aliphatic carbocycles. The largest absolute Gasteiger partial charge is 0.418 e. The van der Waals surface area contributed by atoms with Gasteiger partial charge in [0.1, 0.15) is 23.0 Å². The highest BCUT2D eigenvalue weighted by atomic mass is 79.9. The van der Waals surface area contributed by atoms with Crippen LogP contribution in [-0.4, -0.2) is 9.78 Å². The summed E-state index contributed by atoms with van der Waals surface area (Å²) in [6.07, 6.45) is -4.67. The van der Waals surface area contributed by atoms with Crippen LogP contribution in [0.25, 0.3) is 22.2 Å². The molecule has 2 nitrogen and oxygen atoms in total. The molecule has 0 unspecified atom stereocenters. The van der Waals surface area contributed by atoms with E-state index in [2.05, 4.69) is 21.0 Å². The standard InChI is InChI=1S/C21H11BrF6N2/c22-12-4-1-3-11(7-12)20-14-5-2-6-16(21(26,27)28)19(14)29-30(20)10-15-17(24)8-13(23)9-18(15)25/h1-9H,10H2. The van der Waals surface area contributed by atoms with E-state index < -0.39 is 41.3 Å². The minimum atomic E-state index is -4.67. The average Bonchev–Trinajstić information content (AvgIpc) is 3.01. The highest BCUT2D eigenvalue weighted by molar-refractivity contribution is 9.10. The van der Waals surface area contributed by atoms with Gasteiger partial charge in [-0.15, -0.1) is 0 Å². The second-order valence-corrected chi connectivity index (χ2v) is 7.48. The number of halogens is 7. The first kappa shape index (κ1) is 20.5. The number of alkyl halides is 3. The minimum absolute atomic E-state index is 0.172. The summed E-state index contributed by atoms with van der Waals surface area (Å²) >= 11 is 3.31. The van der Waals surface area contributed by atoms with Crippen LogP contribution in [0.3, 0.4) is 0 Å². The van der Waals surface area contributed by atoms with E-state index in [4.69, 9.17) is 0 Å². The maximum absolute atomic E-state index is 14.2. The van der Waals surface area contributed by atoms with Crippen molar-refractivity contribution < 1.29 is 26.3 Å². The number of fused-ring (bicyclic) bond motifs is 1. The first-order valence-electron chi connectivity index (χ1n) is 8.61. The average molecular weight is 485 g/mol. The van der Waals surface area contributed by atoms with E-state index in [1.807, 2.05) is 0 Å². The molecule has 154 valence electrons. The molecule has 0 fully saturated rings. The van der Waals surface area contributed by atoms with Crippen LogP contribution >= 0.6 is 15.9 Å². The van der Waals surface area contributed by atoms with Gasteiger partial charge in [0, 0.05) is 33.1 Å². The Morgan fingerprint density at radius 1 is 0.900 bits per heavy atom. The molecular formula is C21H11BrF6N2. The van der Waals surface area contributed by atoms with Crippen molar-refractivity contribution in [3.8, 4) is 11.3 Å². The number of benzene rings is 3. The molecule has 4 rings (SSSR count). The van der Waals surface area contributed by atoms with Crippen molar-refractivity contribution in [2.24, 2.45) is 0 Å². The van der Waals surface area contributed by atoms with Crippen LogP contribution in [-0.2, 0) is 12.7 Å². The molecule has 0 radical (unpaired) electrons. The van der Waals surface area contributed by atoms with Gasteiger partial charge < -0.3 is 0 Å². The normalized spacial score (nSPS) is 12.0. The lowest BCUT2D eigenvalue weighted by atomic mass is 10.0. The molecule has 0 amide bonds. The molecule has 0 spiro atoms. The van der Waals surface area contributed by atoms with Crippen LogP contribution in [0.1, 0.15) is 11.1 Å². The maximum Gasteiger partial charge on any atom is 0.418 e. The molecule has 0 aliphatic heterocycles. The zero-order chi connectivity index (χ0) is 21.6. The fourth-order valence-corrected chi connectivity index (χ4v) is 3.71. The number of aromatic nitrogens is 2. The summed E-state index contributed by atoms with van der Waals surface area (Å²) in [6.45, 7) is -0.522. The van der Waals surface area contributed by atoms with Gasteiger partial charge in [0.05, 0.1) is 17.8 Å². The van der Waals surface area contributed by atoms with Crippen LogP contribution < -0.4 is 0 Å². The molecule has 1 heterocycles. The van der Waals surface area contributed by atoms with Crippen molar-refractivity contribution in [1.82, 2.24) is 9.78 Å². The minimum Gasteiger partial charge on any atom is -0.259 e. The summed E-state index contributed by atoms with van der Waals surface area (Å²) in [5.74, 6) is -3.39. The third kappa shape index (κ3) is 3.69. The fraction of sp³-hybridized carbons (Fsp3) is 0.0952. The smallest absolute Gasteiger partial charge is 0.259 e. The van der Waals surface area contributed by atoms with E-state index in [9.17, 15) is 26.3 Å². The molecule has 0 N–H and O–H groups in total. The van der Waals surface area contributed by atoms with Crippen molar-refractivity contribution in [2.75, 3.05) is 0 Å². The zero-order valence-corrected chi connectivity index (χ0v) is 16.5. The third-order valence-corrected chi connectivity index (χ3v) is 5.08. The molecule has 0 aliphatic rings. The molecule has 0 atom stereocenters. The van der Waals surface area contributed by atoms with Gasteiger partial charge in [-0.25, -0.2) is 13.2 Å². The molecular weight excluding hydrogens is 474 g/mol. The highest BCUT2D eigenvalue weighted by Gasteiger charge is 2.34.